The lowest BCUT2D eigenvalue weighted by atomic mass is 9.80. The molecule has 1 atom stereocenters. The largest absolute Gasteiger partial charge is 0.398 e. The maximum Gasteiger partial charge on any atom is 0.0470 e. The summed E-state index contributed by atoms with van der Waals surface area (Å²) in [4.78, 5) is 0. The molecule has 2 N–H and O–H groups in total. The van der Waals surface area contributed by atoms with E-state index < -0.39 is 0 Å². The van der Waals surface area contributed by atoms with Gasteiger partial charge in [-0.1, -0.05) is 76.3 Å². The molecule has 0 amide bonds. The molecule has 3 rings (SSSR count). The summed E-state index contributed by atoms with van der Waals surface area (Å²) in [6.07, 6.45) is 7.68. The molecule has 0 radical (unpaired) electrons. The number of allylic oxidation sites excluding steroid dienone is 4. The van der Waals surface area contributed by atoms with Gasteiger partial charge in [-0.15, -0.1) is 0 Å². The molecule has 24 heavy (non-hydrogen) atoms. The van der Waals surface area contributed by atoms with Crippen LogP contribution in [0.4, 0.5) is 5.69 Å². The molecule has 0 saturated heterocycles. The highest BCUT2D eigenvalue weighted by atomic mass is 14.6. The first-order valence-electron chi connectivity index (χ1n) is 8.73. The number of rotatable bonds is 2. The van der Waals surface area contributed by atoms with Gasteiger partial charge in [0.05, 0.1) is 0 Å². The first-order valence-corrected chi connectivity index (χ1v) is 8.73. The van der Waals surface area contributed by atoms with Crippen LogP contribution in [0.1, 0.15) is 45.2 Å². The summed E-state index contributed by atoms with van der Waals surface area (Å²) in [6.45, 7) is 9.03. The van der Waals surface area contributed by atoms with Gasteiger partial charge in [0.25, 0.3) is 0 Å². The van der Waals surface area contributed by atoms with Gasteiger partial charge in [0.1, 0.15) is 0 Å². The van der Waals surface area contributed by atoms with E-state index in [0.717, 1.165) is 17.7 Å². The average Bonchev–Trinajstić information content (AvgIpc) is 2.55. The predicted octanol–water partition coefficient (Wildman–Crippen LogP) is 6.21. The molecule has 124 valence electrons. The maximum atomic E-state index is 6.64. The van der Waals surface area contributed by atoms with Crippen molar-refractivity contribution in [2.75, 3.05) is 5.73 Å². The second-order valence-electron chi connectivity index (χ2n) is 7.86. The number of nitrogen functional groups attached to an aromatic ring is 1. The van der Waals surface area contributed by atoms with Crippen LogP contribution in [-0.2, 0) is 5.41 Å². The molecule has 0 heterocycles. The van der Waals surface area contributed by atoms with E-state index in [-0.39, 0.29) is 5.41 Å². The lowest BCUT2D eigenvalue weighted by Crippen LogP contribution is -2.13. The highest BCUT2D eigenvalue weighted by Crippen LogP contribution is 2.39. The minimum atomic E-state index is 0.0860. The number of anilines is 1. The molecule has 1 nitrogen and oxygen atoms in total. The Morgan fingerprint density at radius 3 is 2.29 bits per heavy atom. The minimum absolute atomic E-state index is 0.0860. The zero-order chi connectivity index (χ0) is 17.3. The number of hydrogen-bond acceptors (Lipinski definition) is 1. The molecule has 2 aromatic rings. The summed E-state index contributed by atoms with van der Waals surface area (Å²) in [5.41, 5.74) is 13.8. The van der Waals surface area contributed by atoms with Gasteiger partial charge >= 0.3 is 0 Å². The average molecular weight is 317 g/mol. The molecule has 0 aliphatic heterocycles. The van der Waals surface area contributed by atoms with E-state index in [1.54, 1.807) is 0 Å². The van der Waals surface area contributed by atoms with Crippen LogP contribution in [0.5, 0.6) is 0 Å². The van der Waals surface area contributed by atoms with Crippen LogP contribution in [0.25, 0.3) is 16.7 Å². The van der Waals surface area contributed by atoms with Crippen LogP contribution in [0.2, 0.25) is 0 Å². The number of nitrogens with two attached hydrogens (primary N) is 1. The standard InChI is InChI=1S/C23H27N/c1-16-9-8-12-18(13-16)21-15-19(23(2,3)4)14-20(22(21)24)17-10-6-5-7-11-17/h5-12,14-16H,13,24H2,1-4H3. The molecule has 0 fully saturated rings. The first-order chi connectivity index (χ1) is 11.4. The second kappa shape index (κ2) is 6.32. The fourth-order valence-corrected chi connectivity index (χ4v) is 3.25. The molecule has 1 aliphatic rings. The quantitative estimate of drug-likeness (QED) is 0.654. The highest BCUT2D eigenvalue weighted by Gasteiger charge is 2.21. The molecule has 0 aromatic heterocycles. The molecule has 2 aromatic carbocycles. The van der Waals surface area contributed by atoms with E-state index in [0.29, 0.717) is 5.92 Å². The van der Waals surface area contributed by atoms with Crippen LogP contribution in [0.15, 0.2) is 60.7 Å². The Balaban J connectivity index is 2.22. The van der Waals surface area contributed by atoms with E-state index in [1.165, 1.54) is 22.3 Å². The first kappa shape index (κ1) is 16.6. The van der Waals surface area contributed by atoms with Crippen LogP contribution < -0.4 is 5.73 Å². The van der Waals surface area contributed by atoms with Crippen molar-refractivity contribution in [2.24, 2.45) is 5.92 Å². The van der Waals surface area contributed by atoms with Crippen molar-refractivity contribution in [3.05, 3.63) is 71.8 Å². The summed E-state index contributed by atoms with van der Waals surface area (Å²) >= 11 is 0. The Kier molecular flexibility index (Phi) is 4.36. The summed E-state index contributed by atoms with van der Waals surface area (Å²) in [7, 11) is 0. The summed E-state index contributed by atoms with van der Waals surface area (Å²) in [6, 6.07) is 15.0. The van der Waals surface area contributed by atoms with Crippen LogP contribution >= 0.6 is 0 Å². The Morgan fingerprint density at radius 2 is 1.67 bits per heavy atom. The smallest absolute Gasteiger partial charge is 0.0470 e. The third-order valence-corrected chi connectivity index (χ3v) is 4.76. The normalized spacial score (nSPS) is 17.7. The monoisotopic (exact) mass is 317 g/mol. The molecule has 1 aliphatic carbocycles. The van der Waals surface area contributed by atoms with Crippen LogP contribution in [-0.4, -0.2) is 0 Å². The van der Waals surface area contributed by atoms with Crippen molar-refractivity contribution < 1.29 is 0 Å². The van der Waals surface area contributed by atoms with E-state index >= 15 is 0 Å². The second-order valence-corrected chi connectivity index (χ2v) is 7.86. The van der Waals surface area contributed by atoms with Gasteiger partial charge in [-0.25, -0.2) is 0 Å². The van der Waals surface area contributed by atoms with Crippen molar-refractivity contribution in [3.63, 3.8) is 0 Å². The van der Waals surface area contributed by atoms with E-state index in [9.17, 15) is 0 Å². The molecule has 0 saturated carbocycles. The Morgan fingerprint density at radius 1 is 1.00 bits per heavy atom. The lowest BCUT2D eigenvalue weighted by molar-refractivity contribution is 0.590. The zero-order valence-corrected chi connectivity index (χ0v) is 15.1. The maximum absolute atomic E-state index is 6.64. The molecular formula is C23H27N. The van der Waals surface area contributed by atoms with Crippen LogP contribution in [0, 0.1) is 5.92 Å². The summed E-state index contributed by atoms with van der Waals surface area (Å²) in [5.74, 6) is 0.558. The van der Waals surface area contributed by atoms with Gasteiger partial charge in [-0.3, -0.25) is 0 Å². The molecule has 1 unspecified atom stereocenters. The van der Waals surface area contributed by atoms with Crippen molar-refractivity contribution in [1.82, 2.24) is 0 Å². The van der Waals surface area contributed by atoms with Crippen molar-refractivity contribution in [3.8, 4) is 11.1 Å². The van der Waals surface area contributed by atoms with Gasteiger partial charge in [-0.05, 0) is 46.6 Å². The summed E-state index contributed by atoms with van der Waals surface area (Å²) in [5, 5.41) is 0. The van der Waals surface area contributed by atoms with Crippen molar-refractivity contribution in [1.29, 1.82) is 0 Å². The fourth-order valence-electron chi connectivity index (χ4n) is 3.25. The topological polar surface area (TPSA) is 26.0 Å². The lowest BCUT2D eigenvalue weighted by Gasteiger charge is -2.25. The van der Waals surface area contributed by atoms with E-state index in [4.69, 9.17) is 5.73 Å². The van der Waals surface area contributed by atoms with Gasteiger partial charge in [0.2, 0.25) is 0 Å². The van der Waals surface area contributed by atoms with Crippen molar-refractivity contribution in [2.45, 2.75) is 39.5 Å². The number of benzene rings is 2. The molecule has 0 spiro atoms. The minimum Gasteiger partial charge on any atom is -0.398 e. The predicted molar refractivity (Wildman–Crippen MR) is 106 cm³/mol. The highest BCUT2D eigenvalue weighted by molar-refractivity contribution is 5.88. The Bertz CT molecular complexity index is 789. The van der Waals surface area contributed by atoms with Crippen molar-refractivity contribution >= 4 is 11.3 Å². The third-order valence-electron chi connectivity index (χ3n) is 4.76. The molecular weight excluding hydrogens is 290 g/mol. The Hall–Kier alpha value is -2.28. The van der Waals surface area contributed by atoms with Gasteiger partial charge in [-0.2, -0.15) is 0 Å². The SMILES string of the molecule is CC1C=CC=C(c2cc(C(C)(C)C)cc(-c3ccccc3)c2N)C1. The van der Waals surface area contributed by atoms with E-state index in [2.05, 4.69) is 82.3 Å². The Labute approximate surface area is 145 Å². The van der Waals surface area contributed by atoms with Gasteiger partial charge < -0.3 is 5.73 Å². The zero-order valence-electron chi connectivity index (χ0n) is 15.1. The molecule has 0 bridgehead atoms. The third kappa shape index (κ3) is 3.31. The molecule has 1 heteroatoms. The van der Waals surface area contributed by atoms with Crippen LogP contribution in [0.3, 0.4) is 0 Å². The van der Waals surface area contributed by atoms with Gasteiger partial charge in [0.15, 0.2) is 0 Å². The summed E-state index contributed by atoms with van der Waals surface area (Å²) < 4.78 is 0. The fraction of sp³-hybridized carbons (Fsp3) is 0.304. The van der Waals surface area contributed by atoms with E-state index in [1.807, 2.05) is 6.07 Å². The van der Waals surface area contributed by atoms with Gasteiger partial charge in [0, 0.05) is 16.8 Å². The number of hydrogen-bond donors (Lipinski definition) is 1.